The van der Waals surface area contributed by atoms with Crippen molar-refractivity contribution in [1.29, 1.82) is 0 Å². The number of amidine groups is 1. The molecule has 0 saturated carbocycles. The van der Waals surface area contributed by atoms with Gasteiger partial charge in [-0.25, -0.2) is 0 Å². The minimum absolute atomic E-state index is 0.0852. The lowest BCUT2D eigenvalue weighted by atomic mass is 10.2. The molecular formula is C21H19BrN4O8S2. The molecule has 1 aliphatic rings. The van der Waals surface area contributed by atoms with Crippen molar-refractivity contribution in [3.8, 4) is 11.5 Å². The fourth-order valence-corrected chi connectivity index (χ4v) is 5.37. The van der Waals surface area contributed by atoms with E-state index >= 15 is 0 Å². The Hall–Kier alpha value is -3.43. The van der Waals surface area contributed by atoms with Gasteiger partial charge in [0.25, 0.3) is 0 Å². The van der Waals surface area contributed by atoms with E-state index in [1.165, 1.54) is 56.6 Å². The van der Waals surface area contributed by atoms with Gasteiger partial charge in [0, 0.05) is 12.6 Å². The number of benzene rings is 2. The molecule has 3 rings (SSSR count). The summed E-state index contributed by atoms with van der Waals surface area (Å²) in [6.45, 7) is 1.34. The van der Waals surface area contributed by atoms with E-state index in [2.05, 4.69) is 36.8 Å². The van der Waals surface area contributed by atoms with Crippen LogP contribution in [0.1, 0.15) is 18.9 Å². The molecule has 2 aromatic carbocycles. The summed E-state index contributed by atoms with van der Waals surface area (Å²) >= 11 is 4.23. The fourth-order valence-electron chi connectivity index (χ4n) is 2.85. The molecule has 0 aliphatic carbocycles. The van der Waals surface area contributed by atoms with Gasteiger partial charge in [-0.3, -0.25) is 14.4 Å². The first-order valence-corrected chi connectivity index (χ1v) is 13.1. The minimum atomic E-state index is -4.24. The molecule has 0 aromatic heterocycles. The predicted molar refractivity (Wildman–Crippen MR) is 136 cm³/mol. The number of carboxylic acid groups (broad SMARTS) is 1. The van der Waals surface area contributed by atoms with Crippen LogP contribution in [0.3, 0.4) is 0 Å². The second-order valence-electron chi connectivity index (χ2n) is 7.12. The van der Waals surface area contributed by atoms with Crippen molar-refractivity contribution < 1.29 is 36.8 Å². The molecule has 3 N–H and O–H groups in total. The van der Waals surface area contributed by atoms with Crippen LogP contribution in [0.5, 0.6) is 11.5 Å². The number of carboxylic acids is 1. The number of rotatable bonds is 9. The SMILES string of the molecule is COc1cc(/C=N\N=C2\NC(=O)[C@@H](CC(=O)O)S2)cc(Br)c1OS(=O)(=O)c1ccc(NC(C)=O)cc1. The lowest BCUT2D eigenvalue weighted by Gasteiger charge is -2.13. The largest absolute Gasteiger partial charge is 0.493 e. The average molecular weight is 599 g/mol. The molecule has 0 bridgehead atoms. The Morgan fingerprint density at radius 2 is 1.97 bits per heavy atom. The number of hydrogen-bond acceptors (Lipinski definition) is 10. The van der Waals surface area contributed by atoms with Crippen LogP contribution < -0.4 is 19.6 Å². The molecule has 0 spiro atoms. The number of carbonyl (C=O) groups is 3. The normalized spacial score (nSPS) is 16.7. The molecule has 1 fully saturated rings. The highest BCUT2D eigenvalue weighted by Gasteiger charge is 2.32. The van der Waals surface area contributed by atoms with E-state index in [4.69, 9.17) is 14.0 Å². The Kier molecular flexibility index (Phi) is 8.70. The Labute approximate surface area is 218 Å². The summed E-state index contributed by atoms with van der Waals surface area (Å²) in [6, 6.07) is 8.43. The van der Waals surface area contributed by atoms with E-state index < -0.39 is 27.2 Å². The molecule has 36 heavy (non-hydrogen) atoms. The third kappa shape index (κ3) is 7.05. The van der Waals surface area contributed by atoms with Gasteiger partial charge in [0.15, 0.2) is 16.7 Å². The van der Waals surface area contributed by atoms with E-state index in [0.29, 0.717) is 11.3 Å². The molecule has 190 valence electrons. The average Bonchev–Trinajstić information content (AvgIpc) is 3.13. The first kappa shape index (κ1) is 27.2. The molecule has 1 aliphatic heterocycles. The molecule has 2 amide bonds. The molecule has 1 saturated heterocycles. The quantitative estimate of drug-likeness (QED) is 0.223. The van der Waals surface area contributed by atoms with Crippen LogP contribution in [0.4, 0.5) is 5.69 Å². The number of nitrogens with zero attached hydrogens (tertiary/aromatic N) is 2. The number of nitrogens with one attached hydrogen (secondary N) is 2. The molecule has 1 atom stereocenters. The van der Waals surface area contributed by atoms with Crippen molar-refractivity contribution in [1.82, 2.24) is 5.32 Å². The summed E-state index contributed by atoms with van der Waals surface area (Å²) in [4.78, 5) is 33.6. The number of anilines is 1. The number of halogens is 1. The number of aliphatic carboxylic acids is 1. The van der Waals surface area contributed by atoms with Gasteiger partial charge in [0.2, 0.25) is 11.8 Å². The maximum absolute atomic E-state index is 12.8. The first-order chi connectivity index (χ1) is 17.0. The van der Waals surface area contributed by atoms with Crippen LogP contribution in [0.2, 0.25) is 0 Å². The van der Waals surface area contributed by atoms with Crippen LogP contribution >= 0.6 is 27.7 Å². The predicted octanol–water partition coefficient (Wildman–Crippen LogP) is 2.58. The van der Waals surface area contributed by atoms with Crippen LogP contribution in [-0.4, -0.2) is 55.0 Å². The van der Waals surface area contributed by atoms with Crippen LogP contribution in [0.25, 0.3) is 0 Å². The third-order valence-electron chi connectivity index (χ3n) is 4.40. The molecule has 0 unspecified atom stereocenters. The van der Waals surface area contributed by atoms with Crippen LogP contribution in [-0.2, 0) is 24.5 Å². The monoisotopic (exact) mass is 598 g/mol. The van der Waals surface area contributed by atoms with E-state index in [0.717, 1.165) is 11.8 Å². The molecular weight excluding hydrogens is 580 g/mol. The highest BCUT2D eigenvalue weighted by Crippen LogP contribution is 2.38. The fraction of sp³-hybridized carbons (Fsp3) is 0.190. The lowest BCUT2D eigenvalue weighted by molar-refractivity contribution is -0.138. The summed E-state index contributed by atoms with van der Waals surface area (Å²) in [5.41, 5.74) is 0.893. The van der Waals surface area contributed by atoms with E-state index in [1.807, 2.05) is 0 Å². The molecule has 0 radical (unpaired) electrons. The van der Waals surface area contributed by atoms with Crippen molar-refractivity contribution in [3.63, 3.8) is 0 Å². The zero-order valence-electron chi connectivity index (χ0n) is 18.7. The number of ether oxygens (including phenoxy) is 1. The Balaban J connectivity index is 1.77. The zero-order chi connectivity index (χ0) is 26.5. The van der Waals surface area contributed by atoms with Crippen LogP contribution in [0, 0.1) is 0 Å². The van der Waals surface area contributed by atoms with Gasteiger partial charge >= 0.3 is 16.1 Å². The summed E-state index contributed by atoms with van der Waals surface area (Å²) in [5.74, 6) is -1.87. The number of hydrogen-bond donors (Lipinski definition) is 3. The van der Waals surface area contributed by atoms with E-state index in [9.17, 15) is 22.8 Å². The van der Waals surface area contributed by atoms with Crippen molar-refractivity contribution in [2.45, 2.75) is 23.5 Å². The third-order valence-corrected chi connectivity index (χ3v) is 7.30. The second kappa shape index (κ2) is 11.5. The Morgan fingerprint density at radius 3 is 2.58 bits per heavy atom. The highest BCUT2D eigenvalue weighted by molar-refractivity contribution is 9.10. The molecule has 15 heteroatoms. The Bertz CT molecular complexity index is 1360. The smallest absolute Gasteiger partial charge is 0.339 e. The minimum Gasteiger partial charge on any atom is -0.493 e. The van der Waals surface area contributed by atoms with Gasteiger partial charge < -0.3 is 24.7 Å². The van der Waals surface area contributed by atoms with Crippen LogP contribution in [0.15, 0.2) is 56.0 Å². The topological polar surface area (TPSA) is 173 Å². The standard InChI is InChI=1S/C21H19BrN4O8S2/c1-11(27)24-13-3-5-14(6-4-13)36(31,32)34-19-15(22)7-12(8-16(19)33-2)10-23-26-21-25-20(30)17(35-21)9-18(28)29/h3-8,10,17H,9H2,1-2H3,(H,24,27)(H,28,29)(H,25,26,30)/b23-10-/t17-/m1/s1. The number of amides is 2. The lowest BCUT2D eigenvalue weighted by Crippen LogP contribution is -2.26. The number of thioether (sulfide) groups is 1. The highest BCUT2D eigenvalue weighted by atomic mass is 79.9. The van der Waals surface area contributed by atoms with Gasteiger partial charge in [0.1, 0.15) is 10.1 Å². The van der Waals surface area contributed by atoms with Gasteiger partial charge in [-0.15, -0.1) is 5.10 Å². The number of carbonyl (C=O) groups excluding carboxylic acids is 2. The molecule has 1 heterocycles. The molecule has 2 aromatic rings. The van der Waals surface area contributed by atoms with Gasteiger partial charge in [0.05, 0.1) is 24.2 Å². The maximum atomic E-state index is 12.8. The zero-order valence-corrected chi connectivity index (χ0v) is 21.9. The summed E-state index contributed by atoms with van der Waals surface area (Å²) < 4.78 is 36.4. The van der Waals surface area contributed by atoms with Crippen molar-refractivity contribution >= 4 is 72.7 Å². The number of methoxy groups -OCH3 is 1. The van der Waals surface area contributed by atoms with Gasteiger partial charge in [-0.1, -0.05) is 11.8 Å². The second-order valence-corrected chi connectivity index (χ2v) is 10.7. The van der Waals surface area contributed by atoms with Crippen molar-refractivity contribution in [2.75, 3.05) is 12.4 Å². The van der Waals surface area contributed by atoms with Crippen molar-refractivity contribution in [2.24, 2.45) is 10.2 Å². The summed E-state index contributed by atoms with van der Waals surface area (Å²) in [6.07, 6.45) is 0.990. The van der Waals surface area contributed by atoms with Crippen molar-refractivity contribution in [3.05, 3.63) is 46.4 Å². The summed E-state index contributed by atoms with van der Waals surface area (Å²) in [7, 11) is -2.91. The Morgan fingerprint density at radius 1 is 1.28 bits per heavy atom. The van der Waals surface area contributed by atoms with E-state index in [-0.39, 0.29) is 38.4 Å². The summed E-state index contributed by atoms with van der Waals surface area (Å²) in [5, 5.41) is 21.0. The van der Waals surface area contributed by atoms with Gasteiger partial charge in [-0.2, -0.15) is 13.5 Å². The molecule has 12 nitrogen and oxygen atoms in total. The van der Waals surface area contributed by atoms with Gasteiger partial charge in [-0.05, 0) is 57.9 Å². The first-order valence-electron chi connectivity index (χ1n) is 9.98. The van der Waals surface area contributed by atoms with E-state index in [1.54, 1.807) is 0 Å². The maximum Gasteiger partial charge on any atom is 0.339 e.